The van der Waals surface area contributed by atoms with Crippen LogP contribution < -0.4 is 5.32 Å². The third-order valence-corrected chi connectivity index (χ3v) is 8.29. The van der Waals surface area contributed by atoms with Gasteiger partial charge in [-0.3, -0.25) is 4.79 Å². The molecule has 42 heavy (non-hydrogen) atoms. The second kappa shape index (κ2) is 32.7. The number of aliphatic hydroxyl groups is 3. The zero-order chi connectivity index (χ0) is 30.9. The number of amides is 1. The zero-order valence-corrected chi connectivity index (χ0v) is 27.9. The van der Waals surface area contributed by atoms with Gasteiger partial charge in [0, 0.05) is 0 Å². The minimum atomic E-state index is -1.11. The van der Waals surface area contributed by atoms with Crippen molar-refractivity contribution in [2.45, 2.75) is 199 Å². The Bertz CT molecular complexity index is 621. The maximum absolute atomic E-state index is 12.3. The molecular formula is C37H71NO4. The van der Waals surface area contributed by atoms with Crippen molar-refractivity contribution >= 4 is 5.91 Å². The van der Waals surface area contributed by atoms with Crippen LogP contribution in [-0.2, 0) is 4.79 Å². The molecule has 0 aliphatic carbocycles. The number of allylic oxidation sites excluding steroid dienone is 3. The fraction of sp³-hybridized carbons (Fsp3) is 0.865. The SMILES string of the molecule is CCCC/C=C\CCCCCC(O)C(=O)NC(CO)C(O)/C=C/CCCCCCCCCCCCCCCCCCC. The van der Waals surface area contributed by atoms with Gasteiger partial charge in [-0.05, 0) is 38.5 Å². The molecule has 0 rings (SSSR count). The molecule has 3 unspecified atom stereocenters. The zero-order valence-electron chi connectivity index (χ0n) is 27.9. The van der Waals surface area contributed by atoms with E-state index < -0.39 is 24.2 Å². The number of rotatable bonds is 32. The van der Waals surface area contributed by atoms with Crippen molar-refractivity contribution < 1.29 is 20.1 Å². The molecular weight excluding hydrogens is 522 g/mol. The van der Waals surface area contributed by atoms with Gasteiger partial charge < -0.3 is 20.6 Å². The van der Waals surface area contributed by atoms with E-state index in [-0.39, 0.29) is 6.61 Å². The first-order chi connectivity index (χ1) is 20.6. The molecule has 3 atom stereocenters. The van der Waals surface area contributed by atoms with Gasteiger partial charge in [-0.25, -0.2) is 0 Å². The Morgan fingerprint density at radius 2 is 0.976 bits per heavy atom. The van der Waals surface area contributed by atoms with E-state index in [9.17, 15) is 20.1 Å². The van der Waals surface area contributed by atoms with E-state index >= 15 is 0 Å². The summed E-state index contributed by atoms with van der Waals surface area (Å²) in [7, 11) is 0. The standard InChI is InChI=1S/C37H71NO4/c1-3-5-7-9-11-13-14-15-16-17-18-19-20-21-22-24-25-27-29-31-35(40)34(33-39)38-37(42)36(41)32-30-28-26-23-12-10-8-6-4-2/h10,12,29,31,34-36,39-41H,3-9,11,13-28,30,32-33H2,1-2H3,(H,38,42)/b12-10-,31-29+. The largest absolute Gasteiger partial charge is 0.394 e. The number of carbonyl (C=O) groups excluding carboxylic acids is 1. The maximum atomic E-state index is 12.3. The van der Waals surface area contributed by atoms with E-state index in [0.29, 0.717) is 6.42 Å². The molecule has 0 bridgehead atoms. The van der Waals surface area contributed by atoms with Crippen LogP contribution in [0.1, 0.15) is 181 Å². The van der Waals surface area contributed by atoms with Crippen molar-refractivity contribution in [3.63, 3.8) is 0 Å². The van der Waals surface area contributed by atoms with Crippen molar-refractivity contribution in [1.29, 1.82) is 0 Å². The molecule has 248 valence electrons. The van der Waals surface area contributed by atoms with Gasteiger partial charge in [0.05, 0.1) is 18.8 Å². The van der Waals surface area contributed by atoms with E-state index in [1.165, 1.54) is 116 Å². The summed E-state index contributed by atoms with van der Waals surface area (Å²) in [5.41, 5.74) is 0. The van der Waals surface area contributed by atoms with Crippen LogP contribution >= 0.6 is 0 Å². The van der Waals surface area contributed by atoms with Crippen LogP contribution in [0.4, 0.5) is 0 Å². The Balaban J connectivity index is 3.71. The summed E-state index contributed by atoms with van der Waals surface area (Å²) >= 11 is 0. The van der Waals surface area contributed by atoms with Crippen molar-refractivity contribution in [3.05, 3.63) is 24.3 Å². The van der Waals surface area contributed by atoms with Crippen LogP contribution in [0, 0.1) is 0 Å². The highest BCUT2D eigenvalue weighted by Crippen LogP contribution is 2.15. The monoisotopic (exact) mass is 594 g/mol. The highest BCUT2D eigenvalue weighted by molar-refractivity contribution is 5.80. The van der Waals surface area contributed by atoms with Crippen molar-refractivity contribution in [1.82, 2.24) is 5.32 Å². The summed E-state index contributed by atoms with van der Waals surface area (Å²) < 4.78 is 0. The summed E-state index contributed by atoms with van der Waals surface area (Å²) in [6.07, 6.45) is 37.8. The Morgan fingerprint density at radius 3 is 1.45 bits per heavy atom. The van der Waals surface area contributed by atoms with E-state index in [1.54, 1.807) is 6.08 Å². The third kappa shape index (κ3) is 27.7. The average Bonchev–Trinajstić information content (AvgIpc) is 2.99. The summed E-state index contributed by atoms with van der Waals surface area (Å²) in [6.45, 7) is 4.10. The van der Waals surface area contributed by atoms with Crippen LogP contribution in [0.2, 0.25) is 0 Å². The van der Waals surface area contributed by atoms with Crippen molar-refractivity contribution in [2.75, 3.05) is 6.61 Å². The minimum Gasteiger partial charge on any atom is -0.394 e. The van der Waals surface area contributed by atoms with E-state index in [4.69, 9.17) is 0 Å². The lowest BCUT2D eigenvalue weighted by atomic mass is 10.0. The molecule has 5 heteroatoms. The smallest absolute Gasteiger partial charge is 0.249 e. The predicted octanol–water partition coefficient (Wildman–Crippen LogP) is 9.48. The molecule has 0 aliphatic rings. The molecule has 5 nitrogen and oxygen atoms in total. The molecule has 0 saturated carbocycles. The molecule has 0 heterocycles. The number of nitrogens with one attached hydrogen (secondary N) is 1. The van der Waals surface area contributed by atoms with E-state index in [0.717, 1.165) is 44.9 Å². The van der Waals surface area contributed by atoms with Crippen LogP contribution in [0.3, 0.4) is 0 Å². The molecule has 0 aliphatic heterocycles. The van der Waals surface area contributed by atoms with Crippen LogP contribution in [0.25, 0.3) is 0 Å². The summed E-state index contributed by atoms with van der Waals surface area (Å²) in [4.78, 5) is 12.3. The van der Waals surface area contributed by atoms with Gasteiger partial charge >= 0.3 is 0 Å². The van der Waals surface area contributed by atoms with Gasteiger partial charge in [0.1, 0.15) is 6.10 Å². The normalized spacial score (nSPS) is 14.1. The topological polar surface area (TPSA) is 89.8 Å². The van der Waals surface area contributed by atoms with Gasteiger partial charge in [-0.15, -0.1) is 0 Å². The van der Waals surface area contributed by atoms with Gasteiger partial charge in [0.25, 0.3) is 0 Å². The first-order valence-corrected chi connectivity index (χ1v) is 18.2. The first kappa shape index (κ1) is 40.8. The first-order valence-electron chi connectivity index (χ1n) is 18.2. The number of hydrogen-bond acceptors (Lipinski definition) is 4. The molecule has 0 spiro atoms. The Morgan fingerprint density at radius 1 is 0.571 bits per heavy atom. The molecule has 0 saturated heterocycles. The van der Waals surface area contributed by atoms with E-state index in [1.807, 2.05) is 6.08 Å². The Labute approximate surface area is 261 Å². The summed E-state index contributed by atoms with van der Waals surface area (Å²) in [5.74, 6) is -0.519. The molecule has 0 aromatic carbocycles. The van der Waals surface area contributed by atoms with Gasteiger partial charge in [0.2, 0.25) is 5.91 Å². The molecule has 0 fully saturated rings. The lowest BCUT2D eigenvalue weighted by Crippen LogP contribution is -2.48. The molecule has 0 aromatic rings. The Hall–Kier alpha value is -1.17. The fourth-order valence-corrected chi connectivity index (χ4v) is 5.34. The van der Waals surface area contributed by atoms with Gasteiger partial charge in [-0.1, -0.05) is 167 Å². The number of hydrogen-bond donors (Lipinski definition) is 4. The number of unbranched alkanes of at least 4 members (excludes halogenated alkanes) is 22. The summed E-state index contributed by atoms with van der Waals surface area (Å²) in [5, 5.41) is 32.8. The third-order valence-electron chi connectivity index (χ3n) is 8.29. The average molecular weight is 594 g/mol. The lowest BCUT2D eigenvalue weighted by molar-refractivity contribution is -0.131. The van der Waals surface area contributed by atoms with Gasteiger partial charge in [-0.2, -0.15) is 0 Å². The molecule has 0 radical (unpaired) electrons. The molecule has 1 amide bonds. The fourth-order valence-electron chi connectivity index (χ4n) is 5.34. The second-order valence-electron chi connectivity index (χ2n) is 12.4. The number of aliphatic hydroxyl groups excluding tert-OH is 3. The van der Waals surface area contributed by atoms with E-state index in [2.05, 4.69) is 31.3 Å². The maximum Gasteiger partial charge on any atom is 0.249 e. The van der Waals surface area contributed by atoms with Crippen LogP contribution in [-0.4, -0.2) is 46.1 Å². The lowest BCUT2D eigenvalue weighted by Gasteiger charge is -2.21. The quantitative estimate of drug-likeness (QED) is 0.0462. The van der Waals surface area contributed by atoms with Crippen LogP contribution in [0.15, 0.2) is 24.3 Å². The molecule has 0 aromatic heterocycles. The predicted molar refractivity (Wildman–Crippen MR) is 181 cm³/mol. The highest BCUT2D eigenvalue weighted by atomic mass is 16.3. The molecule has 4 N–H and O–H groups in total. The number of carbonyl (C=O) groups is 1. The second-order valence-corrected chi connectivity index (χ2v) is 12.4. The summed E-state index contributed by atoms with van der Waals surface area (Å²) in [6, 6.07) is -0.799. The van der Waals surface area contributed by atoms with Crippen molar-refractivity contribution in [3.8, 4) is 0 Å². The van der Waals surface area contributed by atoms with Gasteiger partial charge in [0.15, 0.2) is 0 Å². The van der Waals surface area contributed by atoms with Crippen molar-refractivity contribution in [2.24, 2.45) is 0 Å². The van der Waals surface area contributed by atoms with Crippen LogP contribution in [0.5, 0.6) is 0 Å². The highest BCUT2D eigenvalue weighted by Gasteiger charge is 2.22. The Kier molecular flexibility index (Phi) is 31.8. The minimum absolute atomic E-state index is 0.368.